The van der Waals surface area contributed by atoms with E-state index in [1.165, 1.54) is 112 Å². The normalized spacial score (nSPS) is 15.2. The van der Waals surface area contributed by atoms with Crippen molar-refractivity contribution in [2.24, 2.45) is 0 Å². The van der Waals surface area contributed by atoms with E-state index in [9.17, 15) is 0 Å². The van der Waals surface area contributed by atoms with Crippen LogP contribution in [0.4, 0.5) is 45.5 Å². The Hall–Kier alpha value is -8.66. The molecule has 3 heteroatoms. The summed E-state index contributed by atoms with van der Waals surface area (Å²) in [6.07, 6.45) is 17.0. The van der Waals surface area contributed by atoms with Gasteiger partial charge in [-0.05, 0) is 128 Å². The topological polar surface area (TPSA) is 9.72 Å². The van der Waals surface area contributed by atoms with Gasteiger partial charge in [-0.25, -0.2) is 0 Å². The zero-order chi connectivity index (χ0) is 46.1. The van der Waals surface area contributed by atoms with Gasteiger partial charge < -0.3 is 14.7 Å². The molecule has 0 amide bonds. The Kier molecular flexibility index (Phi) is 9.59. The highest BCUT2D eigenvalue weighted by atomic mass is 15.3. The van der Waals surface area contributed by atoms with Crippen LogP contribution in [0.15, 0.2) is 236 Å². The second-order valence-electron chi connectivity index (χ2n) is 18.9. The molecule has 328 valence electrons. The molecule has 2 heterocycles. The first-order valence-electron chi connectivity index (χ1n) is 24.1. The second-order valence-corrected chi connectivity index (χ2v) is 18.9. The first-order valence-corrected chi connectivity index (χ1v) is 24.1. The SMILES string of the molecule is CC1(C)C2=C(C=CC(N3c4ccccc4N(c4ccccc4)c4ccccc43)=CC2)c2ccc(C=Cc3ccc(-c4ccc(N5c6ccccc6C=Cc6ccccc65)c5ccccc45)cc3)cc21. The number of fused-ring (bicyclic) bond motifs is 7. The summed E-state index contributed by atoms with van der Waals surface area (Å²) in [7, 11) is 0. The summed E-state index contributed by atoms with van der Waals surface area (Å²) in [6, 6.07) is 75.1. The fourth-order valence-electron chi connectivity index (χ4n) is 11.3. The van der Waals surface area contributed by atoms with E-state index in [0.717, 1.165) is 12.1 Å². The van der Waals surface area contributed by atoms with Gasteiger partial charge in [0.25, 0.3) is 0 Å². The molecule has 0 bridgehead atoms. The minimum atomic E-state index is -0.122. The smallest absolute Gasteiger partial charge is 0.0703 e. The standard InChI is InChI=1S/C66H49N3/c1-66(2)57-42-38-51(68-64-26-14-12-24-62(64)67(50-18-4-3-5-19-50)63-25-13-15-27-65(63)68)37-40-54(57)55-39-32-46(44-58(55)66)29-28-45-30-33-47(34-31-45)52-41-43-61(56-21-9-8-20-53(52)56)69-59-22-10-6-16-48(59)35-36-49-17-7-11-23-60(49)69/h3-41,43-44H,42H2,1-2H3. The molecular formula is C66H49N3. The molecule has 0 N–H and O–H groups in total. The first kappa shape index (κ1) is 40.6. The lowest BCUT2D eigenvalue weighted by Gasteiger charge is -2.40. The second kappa shape index (κ2) is 16.3. The predicted molar refractivity (Wildman–Crippen MR) is 293 cm³/mol. The third-order valence-corrected chi connectivity index (χ3v) is 14.7. The van der Waals surface area contributed by atoms with Gasteiger partial charge in [-0.2, -0.15) is 0 Å². The molecule has 3 nitrogen and oxygen atoms in total. The number of hydrogen-bond donors (Lipinski definition) is 0. The fourth-order valence-corrected chi connectivity index (χ4v) is 11.3. The van der Waals surface area contributed by atoms with Gasteiger partial charge in [0.05, 0.1) is 39.8 Å². The highest BCUT2D eigenvalue weighted by Crippen LogP contribution is 2.55. The monoisotopic (exact) mass is 883 g/mol. The molecule has 4 aliphatic rings. The molecule has 9 aromatic carbocycles. The molecule has 2 aliphatic heterocycles. The maximum atomic E-state index is 2.45. The van der Waals surface area contributed by atoms with Gasteiger partial charge in [-0.3, -0.25) is 0 Å². The summed E-state index contributed by atoms with van der Waals surface area (Å²) >= 11 is 0. The predicted octanol–water partition coefficient (Wildman–Crippen LogP) is 18.1. The van der Waals surface area contributed by atoms with Crippen molar-refractivity contribution in [2.45, 2.75) is 25.7 Å². The lowest BCUT2D eigenvalue weighted by atomic mass is 9.79. The van der Waals surface area contributed by atoms with Crippen LogP contribution in [-0.2, 0) is 5.41 Å². The molecule has 0 spiro atoms. The molecule has 13 rings (SSSR count). The van der Waals surface area contributed by atoms with Gasteiger partial charge in [0.15, 0.2) is 0 Å². The fraction of sp³-hybridized carbons (Fsp3) is 0.0606. The van der Waals surface area contributed by atoms with Crippen LogP contribution in [0.25, 0.3) is 51.8 Å². The maximum absolute atomic E-state index is 2.45. The van der Waals surface area contributed by atoms with Gasteiger partial charge >= 0.3 is 0 Å². The van der Waals surface area contributed by atoms with E-state index in [1.54, 1.807) is 0 Å². The van der Waals surface area contributed by atoms with Crippen molar-refractivity contribution in [1.29, 1.82) is 0 Å². The summed E-state index contributed by atoms with van der Waals surface area (Å²) in [5, 5.41) is 2.45. The highest BCUT2D eigenvalue weighted by Gasteiger charge is 2.38. The largest absolute Gasteiger partial charge is 0.309 e. The van der Waals surface area contributed by atoms with Gasteiger partial charge in [0, 0.05) is 22.2 Å². The third kappa shape index (κ3) is 6.72. The molecule has 69 heavy (non-hydrogen) atoms. The lowest BCUT2D eigenvalue weighted by molar-refractivity contribution is 0.625. The van der Waals surface area contributed by atoms with E-state index >= 15 is 0 Å². The zero-order valence-electron chi connectivity index (χ0n) is 38.7. The molecule has 0 unspecified atom stereocenters. The average molecular weight is 884 g/mol. The highest BCUT2D eigenvalue weighted by molar-refractivity contribution is 6.08. The minimum absolute atomic E-state index is 0.122. The molecule has 0 fully saturated rings. The van der Waals surface area contributed by atoms with Crippen LogP contribution in [0.3, 0.4) is 0 Å². The number of anilines is 8. The Labute approximate surface area is 404 Å². The summed E-state index contributed by atoms with van der Waals surface area (Å²) in [5.41, 5.74) is 23.2. The number of benzene rings is 9. The molecular weight excluding hydrogens is 835 g/mol. The van der Waals surface area contributed by atoms with Gasteiger partial charge in [-0.15, -0.1) is 0 Å². The van der Waals surface area contributed by atoms with E-state index < -0.39 is 0 Å². The van der Waals surface area contributed by atoms with E-state index in [2.05, 4.69) is 277 Å². The van der Waals surface area contributed by atoms with Gasteiger partial charge in [0.2, 0.25) is 0 Å². The van der Waals surface area contributed by atoms with Crippen LogP contribution < -0.4 is 14.7 Å². The third-order valence-electron chi connectivity index (χ3n) is 14.7. The number of hydrogen-bond acceptors (Lipinski definition) is 3. The summed E-state index contributed by atoms with van der Waals surface area (Å²) in [4.78, 5) is 7.26. The van der Waals surface area contributed by atoms with Crippen molar-refractivity contribution in [3.05, 3.63) is 269 Å². The average Bonchev–Trinajstić information content (AvgIpc) is 3.59. The first-order chi connectivity index (χ1) is 34.0. The maximum Gasteiger partial charge on any atom is 0.0703 e. The van der Waals surface area contributed by atoms with Crippen LogP contribution in [0.5, 0.6) is 0 Å². The van der Waals surface area contributed by atoms with Crippen LogP contribution in [0, 0.1) is 0 Å². The number of rotatable bonds is 6. The van der Waals surface area contributed by atoms with Crippen molar-refractivity contribution < 1.29 is 0 Å². The van der Waals surface area contributed by atoms with Crippen LogP contribution in [0.2, 0.25) is 0 Å². The van der Waals surface area contributed by atoms with Gasteiger partial charge in [-0.1, -0.05) is 202 Å². The Morgan fingerprint density at radius 3 is 1.61 bits per heavy atom. The Bertz CT molecular complexity index is 3580. The number of nitrogens with zero attached hydrogens (tertiary/aromatic N) is 3. The molecule has 0 saturated heterocycles. The zero-order valence-corrected chi connectivity index (χ0v) is 38.7. The Morgan fingerprint density at radius 1 is 0.406 bits per heavy atom. The molecule has 0 radical (unpaired) electrons. The van der Waals surface area contributed by atoms with Crippen molar-refractivity contribution >= 4 is 86.1 Å². The summed E-state index contributed by atoms with van der Waals surface area (Å²) < 4.78 is 0. The van der Waals surface area contributed by atoms with E-state index in [0.29, 0.717) is 0 Å². The Balaban J connectivity index is 0.771. The lowest BCUT2D eigenvalue weighted by Crippen LogP contribution is -2.26. The molecule has 0 saturated carbocycles. The number of para-hydroxylation sites is 7. The van der Waals surface area contributed by atoms with Crippen molar-refractivity contribution in [1.82, 2.24) is 0 Å². The minimum Gasteiger partial charge on any atom is -0.309 e. The van der Waals surface area contributed by atoms with Crippen LogP contribution in [-0.4, -0.2) is 0 Å². The van der Waals surface area contributed by atoms with Crippen molar-refractivity contribution in [2.75, 3.05) is 14.7 Å². The van der Waals surface area contributed by atoms with Crippen molar-refractivity contribution in [3.63, 3.8) is 0 Å². The quantitative estimate of drug-likeness (QED) is 0.154. The summed E-state index contributed by atoms with van der Waals surface area (Å²) in [6.45, 7) is 4.80. The van der Waals surface area contributed by atoms with Crippen LogP contribution >= 0.6 is 0 Å². The van der Waals surface area contributed by atoms with Crippen molar-refractivity contribution in [3.8, 4) is 11.1 Å². The van der Waals surface area contributed by atoms with E-state index in [1.807, 2.05) is 0 Å². The van der Waals surface area contributed by atoms with E-state index in [-0.39, 0.29) is 5.41 Å². The molecule has 0 aromatic heterocycles. The molecule has 9 aromatic rings. The summed E-state index contributed by atoms with van der Waals surface area (Å²) in [5.74, 6) is 0. The molecule has 0 atom stereocenters. The molecule has 2 aliphatic carbocycles. The number of allylic oxidation sites excluding steroid dienone is 5. The Morgan fingerprint density at radius 2 is 0.942 bits per heavy atom. The van der Waals surface area contributed by atoms with Gasteiger partial charge in [0.1, 0.15) is 0 Å². The van der Waals surface area contributed by atoms with E-state index in [4.69, 9.17) is 0 Å². The van der Waals surface area contributed by atoms with Crippen LogP contribution in [0.1, 0.15) is 53.6 Å².